The van der Waals surface area contributed by atoms with Crippen LogP contribution in [0, 0.1) is 0 Å². The van der Waals surface area contributed by atoms with Crippen molar-refractivity contribution in [2.45, 2.75) is 12.3 Å². The molecule has 0 heterocycles. The van der Waals surface area contributed by atoms with Crippen molar-refractivity contribution < 1.29 is 37.4 Å². The first kappa shape index (κ1) is 14.7. The number of aromatic carboxylic acids is 1. The van der Waals surface area contributed by atoms with E-state index < -0.39 is 41.2 Å². The van der Waals surface area contributed by atoms with E-state index in [1.807, 2.05) is 0 Å². The molecule has 0 atom stereocenters. The second-order valence-electron chi connectivity index (χ2n) is 3.41. The SMILES string of the molecule is O=C(O)c1cc(O)ccc1NC(=O)C(F)(F)C(F)F. The molecular formula is C10H7F4NO4. The number of carboxylic acids is 1. The summed E-state index contributed by atoms with van der Waals surface area (Å²) in [6.07, 6.45) is -4.22. The molecule has 0 aromatic heterocycles. The minimum Gasteiger partial charge on any atom is -0.508 e. The lowest BCUT2D eigenvalue weighted by molar-refractivity contribution is -0.163. The van der Waals surface area contributed by atoms with Crippen LogP contribution in [0.3, 0.4) is 0 Å². The van der Waals surface area contributed by atoms with E-state index in [4.69, 9.17) is 10.2 Å². The number of rotatable bonds is 4. The van der Waals surface area contributed by atoms with Crippen molar-refractivity contribution in [2.75, 3.05) is 5.32 Å². The molecule has 1 rings (SSSR count). The zero-order valence-corrected chi connectivity index (χ0v) is 9.03. The lowest BCUT2D eigenvalue weighted by Crippen LogP contribution is -2.41. The minimum absolute atomic E-state index is 0.490. The first-order valence-electron chi connectivity index (χ1n) is 4.70. The van der Waals surface area contributed by atoms with E-state index >= 15 is 0 Å². The smallest absolute Gasteiger partial charge is 0.383 e. The first-order valence-corrected chi connectivity index (χ1v) is 4.70. The number of amides is 1. The quantitative estimate of drug-likeness (QED) is 0.581. The van der Waals surface area contributed by atoms with Crippen molar-refractivity contribution in [1.29, 1.82) is 0 Å². The molecule has 0 aliphatic rings. The first-order chi connectivity index (χ1) is 8.66. The van der Waals surface area contributed by atoms with Crippen LogP contribution < -0.4 is 5.32 Å². The highest BCUT2D eigenvalue weighted by atomic mass is 19.3. The van der Waals surface area contributed by atoms with Crippen molar-refractivity contribution in [2.24, 2.45) is 0 Å². The van der Waals surface area contributed by atoms with Gasteiger partial charge in [-0.15, -0.1) is 0 Å². The van der Waals surface area contributed by atoms with Gasteiger partial charge >= 0.3 is 24.2 Å². The maximum Gasteiger partial charge on any atom is 0.383 e. The molecule has 19 heavy (non-hydrogen) atoms. The molecule has 0 aliphatic carbocycles. The highest BCUT2D eigenvalue weighted by Gasteiger charge is 2.49. The number of benzene rings is 1. The Hall–Kier alpha value is -2.32. The van der Waals surface area contributed by atoms with E-state index in [2.05, 4.69) is 0 Å². The normalized spacial score (nSPS) is 11.4. The Labute approximate surface area is 103 Å². The van der Waals surface area contributed by atoms with Gasteiger partial charge in [0.1, 0.15) is 5.75 Å². The van der Waals surface area contributed by atoms with E-state index in [0.717, 1.165) is 12.1 Å². The lowest BCUT2D eigenvalue weighted by Gasteiger charge is -2.15. The number of carbonyl (C=O) groups is 2. The number of phenolic OH excluding ortho intramolecular Hbond substituents is 1. The number of anilines is 1. The molecule has 1 aromatic carbocycles. The third-order valence-corrected chi connectivity index (χ3v) is 2.06. The standard InChI is InChI=1S/C10H7F4NO4/c11-8(12)10(13,14)9(19)15-6-2-1-4(16)3-5(6)7(17)18/h1-3,8,16H,(H,15,19)(H,17,18). The molecule has 9 heteroatoms. The van der Waals surface area contributed by atoms with Gasteiger partial charge in [0.2, 0.25) is 0 Å². The van der Waals surface area contributed by atoms with Gasteiger partial charge in [-0.05, 0) is 18.2 Å². The fourth-order valence-electron chi connectivity index (χ4n) is 1.12. The molecule has 0 bridgehead atoms. The maximum absolute atomic E-state index is 12.7. The number of nitrogens with one attached hydrogen (secondary N) is 1. The largest absolute Gasteiger partial charge is 0.508 e. The highest BCUT2D eigenvalue weighted by molar-refractivity contribution is 6.03. The zero-order valence-electron chi connectivity index (χ0n) is 9.03. The summed E-state index contributed by atoms with van der Waals surface area (Å²) >= 11 is 0. The Kier molecular flexibility index (Phi) is 3.98. The number of phenols is 1. The predicted octanol–water partition coefficient (Wildman–Crippen LogP) is 1.93. The number of alkyl halides is 4. The monoisotopic (exact) mass is 281 g/mol. The molecule has 0 saturated heterocycles. The van der Waals surface area contributed by atoms with Gasteiger partial charge in [0.15, 0.2) is 0 Å². The summed E-state index contributed by atoms with van der Waals surface area (Å²) in [4.78, 5) is 21.7. The minimum atomic E-state index is -4.95. The van der Waals surface area contributed by atoms with Crippen molar-refractivity contribution in [3.8, 4) is 5.75 Å². The molecule has 0 spiro atoms. The second-order valence-corrected chi connectivity index (χ2v) is 3.41. The molecule has 1 amide bonds. The molecular weight excluding hydrogens is 274 g/mol. The summed E-state index contributed by atoms with van der Waals surface area (Å²) in [5.41, 5.74) is -1.34. The van der Waals surface area contributed by atoms with E-state index in [0.29, 0.717) is 6.07 Å². The fraction of sp³-hybridized carbons (Fsp3) is 0.200. The van der Waals surface area contributed by atoms with Gasteiger partial charge in [0.05, 0.1) is 11.3 Å². The molecule has 0 aliphatic heterocycles. The van der Waals surface area contributed by atoms with Crippen molar-refractivity contribution >= 4 is 17.6 Å². The summed E-state index contributed by atoms with van der Waals surface area (Å²) in [6.45, 7) is 0. The van der Waals surface area contributed by atoms with Crippen LogP contribution in [-0.4, -0.2) is 34.4 Å². The van der Waals surface area contributed by atoms with Gasteiger partial charge < -0.3 is 15.5 Å². The van der Waals surface area contributed by atoms with Gasteiger partial charge in [-0.1, -0.05) is 0 Å². The van der Waals surface area contributed by atoms with Crippen molar-refractivity contribution in [3.05, 3.63) is 23.8 Å². The summed E-state index contributed by atoms with van der Waals surface area (Å²) in [7, 11) is 0. The van der Waals surface area contributed by atoms with E-state index in [-0.39, 0.29) is 0 Å². The Bertz CT molecular complexity index is 518. The molecule has 0 saturated carbocycles. The maximum atomic E-state index is 12.7. The van der Waals surface area contributed by atoms with Crippen LogP contribution in [0.5, 0.6) is 5.75 Å². The Morgan fingerprint density at radius 3 is 2.32 bits per heavy atom. The lowest BCUT2D eigenvalue weighted by atomic mass is 10.1. The molecule has 0 fully saturated rings. The molecule has 0 unspecified atom stereocenters. The van der Waals surface area contributed by atoms with Gasteiger partial charge in [0, 0.05) is 0 Å². The van der Waals surface area contributed by atoms with Crippen LogP contribution in [0.1, 0.15) is 10.4 Å². The molecule has 5 nitrogen and oxygen atoms in total. The van der Waals surface area contributed by atoms with Crippen LogP contribution in [0.4, 0.5) is 23.2 Å². The number of hydrogen-bond donors (Lipinski definition) is 3. The van der Waals surface area contributed by atoms with Crippen molar-refractivity contribution in [1.82, 2.24) is 0 Å². The van der Waals surface area contributed by atoms with E-state index in [1.54, 1.807) is 0 Å². The zero-order chi connectivity index (χ0) is 14.8. The van der Waals surface area contributed by atoms with Crippen LogP contribution >= 0.6 is 0 Å². The van der Waals surface area contributed by atoms with Gasteiger partial charge in [-0.2, -0.15) is 8.78 Å². The van der Waals surface area contributed by atoms with Crippen LogP contribution in [0.2, 0.25) is 0 Å². The summed E-state index contributed by atoms with van der Waals surface area (Å²) < 4.78 is 49.2. The Balaban J connectivity index is 3.07. The summed E-state index contributed by atoms with van der Waals surface area (Å²) in [5, 5.41) is 19.1. The third kappa shape index (κ3) is 3.12. The van der Waals surface area contributed by atoms with Crippen molar-refractivity contribution in [3.63, 3.8) is 0 Å². The van der Waals surface area contributed by atoms with Crippen LogP contribution in [0.25, 0.3) is 0 Å². The predicted molar refractivity (Wildman–Crippen MR) is 54.6 cm³/mol. The van der Waals surface area contributed by atoms with Gasteiger partial charge in [-0.3, -0.25) is 4.79 Å². The number of halogens is 4. The highest BCUT2D eigenvalue weighted by Crippen LogP contribution is 2.27. The van der Waals surface area contributed by atoms with Gasteiger partial charge in [-0.25, -0.2) is 13.6 Å². The number of aromatic hydroxyl groups is 1. The summed E-state index contributed by atoms with van der Waals surface area (Å²) in [5.74, 6) is -9.41. The van der Waals surface area contributed by atoms with E-state index in [1.165, 1.54) is 5.32 Å². The topological polar surface area (TPSA) is 86.6 Å². The average Bonchev–Trinajstić information content (AvgIpc) is 2.30. The number of carboxylic acid groups (broad SMARTS) is 1. The number of carbonyl (C=O) groups excluding carboxylic acids is 1. The molecule has 3 N–H and O–H groups in total. The fourth-order valence-corrected chi connectivity index (χ4v) is 1.12. The summed E-state index contributed by atoms with van der Waals surface area (Å²) in [6, 6.07) is 2.39. The Morgan fingerprint density at radius 2 is 1.84 bits per heavy atom. The average molecular weight is 281 g/mol. The number of hydrogen-bond acceptors (Lipinski definition) is 3. The van der Waals surface area contributed by atoms with Crippen LogP contribution in [0.15, 0.2) is 18.2 Å². The Morgan fingerprint density at radius 1 is 1.26 bits per heavy atom. The second kappa shape index (κ2) is 5.12. The molecule has 0 radical (unpaired) electrons. The molecule has 1 aromatic rings. The van der Waals surface area contributed by atoms with Gasteiger partial charge in [0.25, 0.3) is 0 Å². The third-order valence-electron chi connectivity index (χ3n) is 2.06. The van der Waals surface area contributed by atoms with E-state index in [9.17, 15) is 27.2 Å². The van der Waals surface area contributed by atoms with Crippen LogP contribution in [-0.2, 0) is 4.79 Å². The molecule has 104 valence electrons.